The minimum atomic E-state index is -0.377. The first-order valence-electron chi connectivity index (χ1n) is 4.87. The number of nitriles is 1. The second-order valence-corrected chi connectivity index (χ2v) is 5.87. The van der Waals surface area contributed by atoms with Crippen molar-refractivity contribution in [2.24, 2.45) is 0 Å². The molecule has 0 atom stereocenters. The van der Waals surface area contributed by atoms with Gasteiger partial charge >= 0.3 is 0 Å². The highest BCUT2D eigenvalue weighted by atomic mass is 127. The van der Waals surface area contributed by atoms with Crippen LogP contribution in [0.1, 0.15) is 11.1 Å². The van der Waals surface area contributed by atoms with E-state index in [2.05, 4.69) is 32.3 Å². The summed E-state index contributed by atoms with van der Waals surface area (Å²) in [6.45, 7) is 1.95. The van der Waals surface area contributed by atoms with Crippen LogP contribution in [0.2, 0.25) is 5.02 Å². The van der Waals surface area contributed by atoms with E-state index in [0.717, 1.165) is 26.4 Å². The van der Waals surface area contributed by atoms with Crippen molar-refractivity contribution in [2.45, 2.75) is 6.92 Å². The molecule has 18 heavy (non-hydrogen) atoms. The molecule has 2 N–H and O–H groups in total. The van der Waals surface area contributed by atoms with Gasteiger partial charge in [-0.1, -0.05) is 11.6 Å². The third kappa shape index (κ3) is 2.53. The van der Waals surface area contributed by atoms with Gasteiger partial charge < -0.3 is 5.32 Å². The van der Waals surface area contributed by atoms with Gasteiger partial charge in [0.25, 0.3) is 5.56 Å². The van der Waals surface area contributed by atoms with Crippen LogP contribution >= 0.6 is 45.7 Å². The number of halogens is 2. The fraction of sp³-hybridized carbons (Fsp3) is 0.0909. The highest BCUT2D eigenvalue weighted by Gasteiger charge is 2.11. The summed E-state index contributed by atoms with van der Waals surface area (Å²) in [6.07, 6.45) is 0. The van der Waals surface area contributed by atoms with E-state index in [-0.39, 0.29) is 11.1 Å². The van der Waals surface area contributed by atoms with Gasteiger partial charge in [0.15, 0.2) is 5.56 Å². The van der Waals surface area contributed by atoms with Crippen molar-refractivity contribution in [1.82, 2.24) is 4.37 Å². The van der Waals surface area contributed by atoms with E-state index in [0.29, 0.717) is 10.0 Å². The first-order chi connectivity index (χ1) is 8.52. The number of aryl methyl sites for hydroxylation is 1. The Morgan fingerprint density at radius 3 is 2.89 bits per heavy atom. The van der Waals surface area contributed by atoms with Gasteiger partial charge in [0.05, 0.1) is 5.02 Å². The Labute approximate surface area is 126 Å². The molecular formula is C11H7ClIN3OS. The number of nitrogens with zero attached hydrogens (tertiary/aromatic N) is 1. The molecule has 0 unspecified atom stereocenters. The summed E-state index contributed by atoms with van der Waals surface area (Å²) < 4.78 is 3.50. The number of anilines is 2. The number of benzene rings is 1. The summed E-state index contributed by atoms with van der Waals surface area (Å²) in [7, 11) is 0. The fourth-order valence-corrected chi connectivity index (χ4v) is 2.71. The van der Waals surface area contributed by atoms with Crippen molar-refractivity contribution >= 4 is 56.4 Å². The number of nitrogens with one attached hydrogen (secondary N) is 2. The molecule has 0 spiro atoms. The molecule has 4 nitrogen and oxygen atoms in total. The predicted octanol–water partition coefficient (Wildman–Crippen LogP) is 3.62. The largest absolute Gasteiger partial charge is 0.345 e. The van der Waals surface area contributed by atoms with Crippen LogP contribution in [0.25, 0.3) is 0 Å². The third-order valence-corrected chi connectivity index (χ3v) is 5.13. The normalized spacial score (nSPS) is 10.1. The molecule has 0 aliphatic rings. The molecule has 2 rings (SSSR count). The van der Waals surface area contributed by atoms with E-state index >= 15 is 0 Å². The number of rotatable bonds is 2. The van der Waals surface area contributed by atoms with Crippen LogP contribution in [0.15, 0.2) is 16.9 Å². The molecule has 92 valence electrons. The number of hydrogen-bond donors (Lipinski definition) is 2. The predicted molar refractivity (Wildman–Crippen MR) is 81.8 cm³/mol. The fourth-order valence-electron chi connectivity index (χ4n) is 1.42. The Kier molecular flexibility index (Phi) is 3.94. The first kappa shape index (κ1) is 13.4. The monoisotopic (exact) mass is 391 g/mol. The summed E-state index contributed by atoms with van der Waals surface area (Å²) >= 11 is 9.35. The maximum absolute atomic E-state index is 11.3. The molecule has 1 aromatic heterocycles. The summed E-state index contributed by atoms with van der Waals surface area (Å²) in [6, 6.07) is 5.56. The van der Waals surface area contributed by atoms with Gasteiger partial charge in [-0.25, -0.2) is 0 Å². The lowest BCUT2D eigenvalue weighted by atomic mass is 10.2. The average Bonchev–Trinajstić information content (AvgIpc) is 2.66. The van der Waals surface area contributed by atoms with E-state index in [1.807, 2.05) is 19.1 Å². The van der Waals surface area contributed by atoms with Crippen molar-refractivity contribution in [2.75, 3.05) is 5.32 Å². The molecule has 0 aliphatic heterocycles. The lowest BCUT2D eigenvalue weighted by Gasteiger charge is -2.08. The lowest BCUT2D eigenvalue weighted by Crippen LogP contribution is -2.02. The molecule has 7 heteroatoms. The number of H-pyrrole nitrogens is 1. The lowest BCUT2D eigenvalue weighted by molar-refractivity contribution is 1.37. The van der Waals surface area contributed by atoms with Gasteiger partial charge in [-0.15, -0.1) is 0 Å². The highest BCUT2D eigenvalue weighted by molar-refractivity contribution is 14.1. The zero-order chi connectivity index (χ0) is 13.3. The topological polar surface area (TPSA) is 68.7 Å². The van der Waals surface area contributed by atoms with E-state index in [4.69, 9.17) is 16.9 Å². The summed E-state index contributed by atoms with van der Waals surface area (Å²) in [4.78, 5) is 11.3. The molecular weight excluding hydrogens is 385 g/mol. The summed E-state index contributed by atoms with van der Waals surface area (Å²) in [5.41, 5.74) is 1.50. The van der Waals surface area contributed by atoms with Crippen LogP contribution in [0.5, 0.6) is 0 Å². The minimum Gasteiger partial charge on any atom is -0.345 e. The quantitative estimate of drug-likeness (QED) is 0.768. The van der Waals surface area contributed by atoms with Crippen LogP contribution in [0.4, 0.5) is 10.7 Å². The van der Waals surface area contributed by atoms with Gasteiger partial charge in [-0.3, -0.25) is 9.17 Å². The Hall–Kier alpha value is -1.04. The zero-order valence-electron chi connectivity index (χ0n) is 9.17. The van der Waals surface area contributed by atoms with Gasteiger partial charge in [-0.05, 0) is 58.7 Å². The van der Waals surface area contributed by atoms with Crippen LogP contribution in [-0.4, -0.2) is 4.37 Å². The van der Waals surface area contributed by atoms with Crippen molar-refractivity contribution in [1.29, 1.82) is 5.26 Å². The van der Waals surface area contributed by atoms with E-state index in [1.165, 1.54) is 0 Å². The Morgan fingerprint density at radius 1 is 1.56 bits per heavy atom. The molecule has 0 saturated heterocycles. The molecule has 0 radical (unpaired) electrons. The SMILES string of the molecule is Cc1cc(Nc2s[nH]c(=O)c2C#N)cc(Cl)c1I. The molecule has 2 aromatic rings. The first-order valence-corrected chi connectivity index (χ1v) is 7.14. The molecule has 0 amide bonds. The van der Waals surface area contributed by atoms with Crippen molar-refractivity contribution in [3.8, 4) is 6.07 Å². The van der Waals surface area contributed by atoms with Gasteiger partial charge in [0, 0.05) is 9.26 Å². The van der Waals surface area contributed by atoms with E-state index in [1.54, 1.807) is 6.07 Å². The maximum Gasteiger partial charge on any atom is 0.278 e. The molecule has 0 bridgehead atoms. The second kappa shape index (κ2) is 5.30. The third-order valence-electron chi connectivity index (χ3n) is 2.28. The van der Waals surface area contributed by atoms with E-state index in [9.17, 15) is 4.79 Å². The van der Waals surface area contributed by atoms with Gasteiger partial charge in [0.2, 0.25) is 0 Å². The Balaban J connectivity index is 2.41. The van der Waals surface area contributed by atoms with Crippen molar-refractivity contribution in [3.05, 3.63) is 42.2 Å². The maximum atomic E-state index is 11.3. The van der Waals surface area contributed by atoms with Crippen LogP contribution in [-0.2, 0) is 0 Å². The molecule has 0 aliphatic carbocycles. The highest BCUT2D eigenvalue weighted by Crippen LogP contribution is 2.29. The molecule has 1 heterocycles. The number of aromatic nitrogens is 1. The van der Waals surface area contributed by atoms with Crippen molar-refractivity contribution in [3.63, 3.8) is 0 Å². The minimum absolute atomic E-state index is 0.0901. The number of aromatic amines is 1. The van der Waals surface area contributed by atoms with Gasteiger partial charge in [-0.2, -0.15) is 5.26 Å². The smallest absolute Gasteiger partial charge is 0.278 e. The van der Waals surface area contributed by atoms with Crippen LogP contribution in [0.3, 0.4) is 0 Å². The van der Waals surface area contributed by atoms with Gasteiger partial charge in [0.1, 0.15) is 11.1 Å². The number of hydrogen-bond acceptors (Lipinski definition) is 4. The van der Waals surface area contributed by atoms with Crippen LogP contribution < -0.4 is 10.9 Å². The Morgan fingerprint density at radius 2 is 2.28 bits per heavy atom. The molecule has 0 saturated carbocycles. The average molecular weight is 392 g/mol. The zero-order valence-corrected chi connectivity index (χ0v) is 12.9. The summed E-state index contributed by atoms with van der Waals surface area (Å²) in [5.74, 6) is 0. The second-order valence-electron chi connectivity index (χ2n) is 3.56. The van der Waals surface area contributed by atoms with E-state index < -0.39 is 0 Å². The summed E-state index contributed by atoms with van der Waals surface area (Å²) in [5, 5.41) is 13.1. The molecule has 1 aromatic carbocycles. The van der Waals surface area contributed by atoms with Crippen LogP contribution in [0, 0.1) is 21.8 Å². The standard InChI is InChI=1S/C11H7ClIN3OS/c1-5-2-6(3-8(12)9(5)13)15-11-7(4-14)10(17)16-18-11/h2-3,15H,1H3,(H,16,17). The molecule has 0 fully saturated rings. The Bertz CT molecular complexity index is 678. The van der Waals surface area contributed by atoms with Crippen molar-refractivity contribution < 1.29 is 0 Å².